The molecule has 0 unspecified atom stereocenters. The topological polar surface area (TPSA) is 93.8 Å². The van der Waals surface area contributed by atoms with Gasteiger partial charge in [0.25, 0.3) is 0 Å². The maximum absolute atomic E-state index is 5.89. The zero-order chi connectivity index (χ0) is 14.7. The van der Waals surface area contributed by atoms with Crippen LogP contribution in [0, 0.1) is 0 Å². The minimum Gasteiger partial charge on any atom is -0.380 e. The van der Waals surface area contributed by atoms with E-state index in [0.29, 0.717) is 17.4 Å². The number of hydrogen-bond acceptors (Lipinski definition) is 4. The van der Waals surface area contributed by atoms with Gasteiger partial charge in [-0.2, -0.15) is 4.98 Å². The van der Waals surface area contributed by atoms with Crippen molar-refractivity contribution in [3.63, 3.8) is 0 Å². The van der Waals surface area contributed by atoms with E-state index in [1.807, 2.05) is 12.1 Å². The molecule has 0 amide bonds. The largest absolute Gasteiger partial charge is 0.380 e. The molecule has 21 heavy (non-hydrogen) atoms. The Bertz CT molecular complexity index is 732. The van der Waals surface area contributed by atoms with E-state index in [9.17, 15) is 0 Å². The van der Waals surface area contributed by atoms with E-state index in [-0.39, 0.29) is 0 Å². The second-order valence-electron chi connectivity index (χ2n) is 5.01. The van der Waals surface area contributed by atoms with E-state index >= 15 is 0 Å². The average molecular weight is 283 g/mol. The zero-order valence-electron chi connectivity index (χ0n) is 12.0. The highest BCUT2D eigenvalue weighted by Crippen LogP contribution is 2.18. The molecule has 2 heterocycles. The lowest BCUT2D eigenvalue weighted by atomic mass is 10.1. The summed E-state index contributed by atoms with van der Waals surface area (Å²) < 4.78 is 0. The summed E-state index contributed by atoms with van der Waals surface area (Å²) in [5.41, 5.74) is 9.59. The van der Waals surface area contributed by atoms with Gasteiger partial charge in [0.05, 0.1) is 0 Å². The second kappa shape index (κ2) is 5.78. The number of nitrogen functional groups attached to an aromatic ring is 1. The Morgan fingerprint density at radius 1 is 1.24 bits per heavy atom. The number of fused-ring (bicyclic) bond motifs is 1. The molecule has 0 spiro atoms. The van der Waals surface area contributed by atoms with Crippen molar-refractivity contribution in [2.24, 2.45) is 0 Å². The van der Waals surface area contributed by atoms with Crippen LogP contribution in [-0.4, -0.2) is 15.0 Å². The third-order valence-electron chi connectivity index (χ3n) is 3.39. The predicted octanol–water partition coefficient (Wildman–Crippen LogP) is 2.44. The van der Waals surface area contributed by atoms with Gasteiger partial charge in [-0.1, -0.05) is 30.5 Å². The lowest BCUT2D eigenvalue weighted by molar-refractivity contribution is -0.347. The maximum atomic E-state index is 5.89. The van der Waals surface area contributed by atoms with Gasteiger partial charge in [-0.3, -0.25) is 4.98 Å². The number of H-pyrrole nitrogens is 2. The number of nitrogens with one attached hydrogen (secondary N) is 3. The number of imidazole rings is 1. The number of hydrogen-bond donors (Lipinski definition) is 3. The first-order chi connectivity index (χ1) is 10.3. The summed E-state index contributed by atoms with van der Waals surface area (Å²) in [5.74, 6) is 0.903. The highest BCUT2D eigenvalue weighted by atomic mass is 15.2. The number of unbranched alkanes of at least 4 members (excludes halogenated alkanes) is 1. The minimum atomic E-state index is 0.420. The summed E-state index contributed by atoms with van der Waals surface area (Å²) in [6, 6.07) is 8.33. The maximum Gasteiger partial charge on any atom is 0.307 e. The zero-order valence-corrected chi connectivity index (χ0v) is 12.0. The molecule has 108 valence electrons. The van der Waals surface area contributed by atoms with Gasteiger partial charge in [0.1, 0.15) is 0 Å². The molecule has 0 atom stereocenters. The molecule has 6 nitrogen and oxygen atoms in total. The molecular weight excluding hydrogens is 264 g/mol. The van der Waals surface area contributed by atoms with Gasteiger partial charge in [-0.15, -0.1) is 0 Å². The fraction of sp³-hybridized carbons (Fsp3) is 0.267. The van der Waals surface area contributed by atoms with Crippen molar-refractivity contribution in [3.05, 3.63) is 36.2 Å². The van der Waals surface area contributed by atoms with Crippen molar-refractivity contribution in [3.8, 4) is 0 Å². The van der Waals surface area contributed by atoms with Crippen molar-refractivity contribution < 1.29 is 4.98 Å². The standard InChI is InChI=1S/C15H18N6/c1-2-3-4-10-5-7-11(8-6-10)19-15-20-13(16)12-14(21-15)18-9-17-12/h5-9H,2-4H2,1H3,(H4,16,17,18,19,20,21)/p+1. The molecule has 1 aromatic carbocycles. The third kappa shape index (κ3) is 2.94. The predicted molar refractivity (Wildman–Crippen MR) is 83.2 cm³/mol. The van der Waals surface area contributed by atoms with Crippen LogP contribution in [-0.2, 0) is 6.42 Å². The van der Waals surface area contributed by atoms with Crippen molar-refractivity contribution in [2.75, 3.05) is 11.1 Å². The van der Waals surface area contributed by atoms with Gasteiger partial charge in [0, 0.05) is 5.69 Å². The first-order valence-corrected chi connectivity index (χ1v) is 7.14. The Hall–Kier alpha value is -2.63. The number of aromatic nitrogens is 4. The first kappa shape index (κ1) is 13.4. The smallest absolute Gasteiger partial charge is 0.307 e. The number of aromatic amines is 2. The van der Waals surface area contributed by atoms with Crippen LogP contribution in [0.15, 0.2) is 30.6 Å². The minimum absolute atomic E-state index is 0.420. The van der Waals surface area contributed by atoms with Gasteiger partial charge in [0.2, 0.25) is 5.52 Å². The van der Waals surface area contributed by atoms with E-state index in [1.54, 1.807) is 6.33 Å². The van der Waals surface area contributed by atoms with Crippen LogP contribution in [0.1, 0.15) is 25.3 Å². The fourth-order valence-electron chi connectivity index (χ4n) is 2.22. The number of aryl methyl sites for hydroxylation is 1. The lowest BCUT2D eigenvalue weighted by Gasteiger charge is -2.04. The Labute approximate surface area is 122 Å². The number of benzene rings is 1. The van der Waals surface area contributed by atoms with Crippen molar-refractivity contribution in [2.45, 2.75) is 26.2 Å². The van der Waals surface area contributed by atoms with Gasteiger partial charge < -0.3 is 11.1 Å². The molecule has 6 heteroatoms. The highest BCUT2D eigenvalue weighted by Gasteiger charge is 2.13. The van der Waals surface area contributed by atoms with Crippen LogP contribution in [0.3, 0.4) is 0 Å². The Kier molecular flexibility index (Phi) is 3.68. The summed E-state index contributed by atoms with van der Waals surface area (Å²) in [4.78, 5) is 14.6. The van der Waals surface area contributed by atoms with E-state index in [0.717, 1.165) is 17.6 Å². The summed E-state index contributed by atoms with van der Waals surface area (Å²) in [6.07, 6.45) is 5.22. The van der Waals surface area contributed by atoms with Gasteiger partial charge in [-0.25, -0.2) is 4.98 Å². The summed E-state index contributed by atoms with van der Waals surface area (Å²) in [6.45, 7) is 2.20. The molecule has 3 rings (SSSR count). The molecule has 0 radical (unpaired) electrons. The van der Waals surface area contributed by atoms with Crippen LogP contribution in [0.25, 0.3) is 11.2 Å². The molecule has 0 aliphatic rings. The molecule has 5 N–H and O–H groups in total. The lowest BCUT2D eigenvalue weighted by Crippen LogP contribution is -2.05. The molecule has 0 aliphatic heterocycles. The number of anilines is 3. The third-order valence-corrected chi connectivity index (χ3v) is 3.39. The Morgan fingerprint density at radius 3 is 2.81 bits per heavy atom. The molecule has 0 saturated carbocycles. The van der Waals surface area contributed by atoms with Crippen molar-refractivity contribution >= 4 is 28.6 Å². The van der Waals surface area contributed by atoms with Crippen LogP contribution in [0.2, 0.25) is 0 Å². The van der Waals surface area contributed by atoms with E-state index in [1.165, 1.54) is 18.4 Å². The number of nitrogens with two attached hydrogens (primary N) is 1. The Morgan fingerprint density at radius 2 is 2.05 bits per heavy atom. The number of rotatable bonds is 5. The van der Waals surface area contributed by atoms with Crippen molar-refractivity contribution in [1.29, 1.82) is 0 Å². The van der Waals surface area contributed by atoms with Crippen molar-refractivity contribution in [1.82, 2.24) is 15.0 Å². The average Bonchev–Trinajstić information content (AvgIpc) is 2.95. The number of nitrogens with zero attached hydrogens (tertiary/aromatic N) is 2. The summed E-state index contributed by atoms with van der Waals surface area (Å²) in [7, 11) is 0. The monoisotopic (exact) mass is 283 g/mol. The van der Waals surface area contributed by atoms with Gasteiger partial charge in [-0.05, 0) is 30.5 Å². The molecule has 0 bridgehead atoms. The molecular formula is C15H19N6+. The van der Waals surface area contributed by atoms with E-state index in [4.69, 9.17) is 5.73 Å². The van der Waals surface area contributed by atoms with Crippen LogP contribution in [0.4, 0.5) is 17.5 Å². The molecule has 0 aliphatic carbocycles. The highest BCUT2D eigenvalue weighted by molar-refractivity contribution is 5.80. The SMILES string of the molecule is CCCCc1ccc(Nc2nc(N)c3[nH]c[nH+]c3n2)cc1. The van der Waals surface area contributed by atoms with Crippen LogP contribution in [0.5, 0.6) is 0 Å². The van der Waals surface area contributed by atoms with E-state index in [2.05, 4.69) is 44.3 Å². The quantitative estimate of drug-likeness (QED) is 0.670. The molecule has 2 aromatic heterocycles. The summed E-state index contributed by atoms with van der Waals surface area (Å²) in [5, 5.41) is 3.17. The first-order valence-electron chi connectivity index (χ1n) is 7.14. The van der Waals surface area contributed by atoms with Crippen LogP contribution >= 0.6 is 0 Å². The summed E-state index contributed by atoms with van der Waals surface area (Å²) >= 11 is 0. The van der Waals surface area contributed by atoms with Gasteiger partial charge >= 0.3 is 11.6 Å². The second-order valence-corrected chi connectivity index (χ2v) is 5.01. The molecule has 0 fully saturated rings. The normalized spacial score (nSPS) is 10.9. The molecule has 3 aromatic rings. The fourth-order valence-corrected chi connectivity index (χ4v) is 2.22. The van der Waals surface area contributed by atoms with Crippen LogP contribution < -0.4 is 16.0 Å². The van der Waals surface area contributed by atoms with E-state index < -0.39 is 0 Å². The Balaban J connectivity index is 1.78. The molecule has 0 saturated heterocycles. The van der Waals surface area contributed by atoms with Gasteiger partial charge in [0.15, 0.2) is 12.1 Å².